The Morgan fingerprint density at radius 1 is 0.970 bits per heavy atom. The topological polar surface area (TPSA) is 115 Å². The number of nitrogens with zero attached hydrogens (tertiary/aromatic N) is 2. The number of carbonyl (C=O) groups excluding carboxylic acids is 1. The van der Waals surface area contributed by atoms with E-state index in [1.807, 2.05) is 42.5 Å². The van der Waals surface area contributed by atoms with Gasteiger partial charge in [-0.05, 0) is 61.8 Å². The third-order valence-corrected chi connectivity index (χ3v) is 6.33. The molecule has 3 aromatic rings. The summed E-state index contributed by atoms with van der Waals surface area (Å²) in [6.07, 6.45) is 2.89. The molecule has 2 amide bonds. The normalized spacial score (nSPS) is 17.8. The number of para-hydroxylation sites is 1. The average molecular weight is 443 g/mol. The summed E-state index contributed by atoms with van der Waals surface area (Å²) in [5, 5.41) is 24.2. The van der Waals surface area contributed by atoms with Crippen LogP contribution in [0.3, 0.4) is 0 Å². The number of hydrogen-bond donors (Lipinski definition) is 3. The lowest BCUT2D eigenvalue weighted by atomic mass is 9.82. The fourth-order valence-corrected chi connectivity index (χ4v) is 4.43. The molecule has 168 valence electrons. The number of hydrogen-bond acceptors (Lipinski definition) is 4. The second-order valence-corrected chi connectivity index (χ2v) is 8.54. The molecule has 0 bridgehead atoms. The van der Waals surface area contributed by atoms with Crippen LogP contribution in [0.1, 0.15) is 41.6 Å². The molecule has 0 spiro atoms. The molecule has 0 unspecified atom stereocenters. The monoisotopic (exact) mass is 442 g/mol. The highest BCUT2D eigenvalue weighted by Crippen LogP contribution is 2.29. The van der Waals surface area contributed by atoms with Crippen LogP contribution in [0.4, 0.5) is 4.79 Å². The summed E-state index contributed by atoms with van der Waals surface area (Å²) in [6, 6.07) is 18.7. The summed E-state index contributed by atoms with van der Waals surface area (Å²) >= 11 is 0. The van der Waals surface area contributed by atoms with Crippen molar-refractivity contribution in [2.24, 2.45) is 11.8 Å². The van der Waals surface area contributed by atoms with Crippen molar-refractivity contribution in [3.8, 4) is 17.3 Å². The number of rotatable bonds is 6. The SMILES string of the molecule is N#Cc1ccc(-c2cc(C(=O)NCC3CCC(CNC(=O)O)CC3)c3ccccc3n2)cc1. The predicted molar refractivity (Wildman–Crippen MR) is 126 cm³/mol. The van der Waals surface area contributed by atoms with Crippen molar-refractivity contribution < 1.29 is 14.7 Å². The molecule has 7 nitrogen and oxygen atoms in total. The highest BCUT2D eigenvalue weighted by atomic mass is 16.4. The van der Waals surface area contributed by atoms with Gasteiger partial charge in [-0.3, -0.25) is 4.79 Å². The Balaban J connectivity index is 1.46. The zero-order chi connectivity index (χ0) is 23.2. The second-order valence-electron chi connectivity index (χ2n) is 8.54. The van der Waals surface area contributed by atoms with E-state index >= 15 is 0 Å². The maximum Gasteiger partial charge on any atom is 0.404 e. The molecule has 33 heavy (non-hydrogen) atoms. The summed E-state index contributed by atoms with van der Waals surface area (Å²) in [4.78, 5) is 28.6. The number of carbonyl (C=O) groups is 2. The Labute approximate surface area is 192 Å². The van der Waals surface area contributed by atoms with Gasteiger partial charge in [0.2, 0.25) is 0 Å². The first-order valence-electron chi connectivity index (χ1n) is 11.2. The molecule has 1 saturated carbocycles. The van der Waals surface area contributed by atoms with Crippen molar-refractivity contribution in [1.82, 2.24) is 15.6 Å². The minimum absolute atomic E-state index is 0.127. The van der Waals surface area contributed by atoms with Crippen LogP contribution in [0, 0.1) is 23.2 Å². The Bertz CT molecular complexity index is 1190. The molecule has 1 heterocycles. The fraction of sp³-hybridized carbons (Fsp3) is 0.308. The van der Waals surface area contributed by atoms with Gasteiger partial charge in [0, 0.05) is 24.0 Å². The Kier molecular flexibility index (Phi) is 6.84. The van der Waals surface area contributed by atoms with Crippen LogP contribution in [0.5, 0.6) is 0 Å². The number of benzene rings is 2. The Hall–Kier alpha value is -3.92. The van der Waals surface area contributed by atoms with Gasteiger partial charge in [0.15, 0.2) is 0 Å². The van der Waals surface area contributed by atoms with Crippen molar-refractivity contribution in [3.63, 3.8) is 0 Å². The second kappa shape index (κ2) is 10.1. The number of fused-ring (bicyclic) bond motifs is 1. The average Bonchev–Trinajstić information content (AvgIpc) is 2.86. The minimum Gasteiger partial charge on any atom is -0.465 e. The molecule has 0 atom stereocenters. The molecule has 2 aromatic carbocycles. The standard InChI is InChI=1S/C26H26N4O3/c27-14-17-9-11-20(12-10-17)24-13-22(21-3-1-2-4-23(21)30-24)25(31)28-15-18-5-7-19(8-6-18)16-29-26(32)33/h1-4,9-13,18-19,29H,5-8,15-16H2,(H,28,31)(H,32,33). The minimum atomic E-state index is -0.977. The van der Waals surface area contributed by atoms with E-state index in [4.69, 9.17) is 15.4 Å². The van der Waals surface area contributed by atoms with Gasteiger partial charge in [-0.2, -0.15) is 5.26 Å². The highest BCUT2D eigenvalue weighted by Gasteiger charge is 2.22. The molecule has 0 saturated heterocycles. The van der Waals surface area contributed by atoms with Gasteiger partial charge in [-0.25, -0.2) is 9.78 Å². The smallest absolute Gasteiger partial charge is 0.404 e. The van der Waals surface area contributed by atoms with Crippen LogP contribution in [0.2, 0.25) is 0 Å². The van der Waals surface area contributed by atoms with Crippen LogP contribution in [-0.4, -0.2) is 35.2 Å². The predicted octanol–water partition coefficient (Wildman–Crippen LogP) is 4.58. The first-order chi connectivity index (χ1) is 16.0. The van der Waals surface area contributed by atoms with Crippen LogP contribution in [-0.2, 0) is 0 Å². The summed E-state index contributed by atoms with van der Waals surface area (Å²) in [5.74, 6) is 0.631. The van der Waals surface area contributed by atoms with Gasteiger partial charge < -0.3 is 15.7 Å². The Morgan fingerprint density at radius 3 is 2.24 bits per heavy atom. The number of amides is 2. The van der Waals surface area contributed by atoms with E-state index < -0.39 is 6.09 Å². The molecule has 4 rings (SSSR count). The van der Waals surface area contributed by atoms with Crippen LogP contribution in [0.25, 0.3) is 22.2 Å². The summed E-state index contributed by atoms with van der Waals surface area (Å²) in [6.45, 7) is 1.09. The van der Waals surface area contributed by atoms with Crippen LogP contribution in [0.15, 0.2) is 54.6 Å². The van der Waals surface area contributed by atoms with Gasteiger partial charge in [-0.15, -0.1) is 0 Å². The molecule has 1 aromatic heterocycles. The summed E-state index contributed by atoms with van der Waals surface area (Å²) in [5.41, 5.74) is 3.44. The quantitative estimate of drug-likeness (QED) is 0.517. The summed E-state index contributed by atoms with van der Waals surface area (Å²) in [7, 11) is 0. The van der Waals surface area contributed by atoms with Gasteiger partial charge in [-0.1, -0.05) is 30.3 Å². The van der Waals surface area contributed by atoms with E-state index in [1.54, 1.807) is 12.1 Å². The van der Waals surface area contributed by atoms with Gasteiger partial charge in [0.1, 0.15) is 0 Å². The molecule has 0 aliphatic heterocycles. The molecule has 1 fully saturated rings. The zero-order valence-electron chi connectivity index (χ0n) is 18.3. The van der Waals surface area contributed by atoms with Gasteiger partial charge in [0.05, 0.1) is 28.4 Å². The lowest BCUT2D eigenvalue weighted by molar-refractivity contribution is 0.0942. The number of carboxylic acid groups (broad SMARTS) is 1. The molecule has 3 N–H and O–H groups in total. The largest absolute Gasteiger partial charge is 0.465 e. The summed E-state index contributed by atoms with van der Waals surface area (Å²) < 4.78 is 0. The maximum atomic E-state index is 13.2. The van der Waals surface area contributed by atoms with E-state index in [9.17, 15) is 9.59 Å². The van der Waals surface area contributed by atoms with E-state index in [-0.39, 0.29) is 5.91 Å². The zero-order valence-corrected chi connectivity index (χ0v) is 18.3. The molecule has 1 aliphatic carbocycles. The van der Waals surface area contributed by atoms with Gasteiger partial charge in [0.25, 0.3) is 5.91 Å². The number of nitriles is 1. The van der Waals surface area contributed by atoms with E-state index in [2.05, 4.69) is 16.7 Å². The Morgan fingerprint density at radius 2 is 1.61 bits per heavy atom. The third kappa shape index (κ3) is 5.47. The molecular formula is C26H26N4O3. The molecule has 7 heteroatoms. The van der Waals surface area contributed by atoms with Crippen molar-refractivity contribution >= 4 is 22.9 Å². The van der Waals surface area contributed by atoms with Crippen molar-refractivity contribution in [2.75, 3.05) is 13.1 Å². The van der Waals surface area contributed by atoms with Crippen LogP contribution < -0.4 is 10.6 Å². The maximum absolute atomic E-state index is 13.2. The first kappa shape index (κ1) is 22.3. The van der Waals surface area contributed by atoms with Gasteiger partial charge >= 0.3 is 6.09 Å². The van der Waals surface area contributed by atoms with Crippen LogP contribution >= 0.6 is 0 Å². The number of pyridine rings is 1. The number of aromatic nitrogens is 1. The molecular weight excluding hydrogens is 416 g/mol. The third-order valence-electron chi connectivity index (χ3n) is 6.33. The lowest BCUT2D eigenvalue weighted by Crippen LogP contribution is -2.34. The first-order valence-corrected chi connectivity index (χ1v) is 11.2. The molecule has 1 aliphatic rings. The van der Waals surface area contributed by atoms with Crippen molar-refractivity contribution in [2.45, 2.75) is 25.7 Å². The van der Waals surface area contributed by atoms with E-state index in [0.29, 0.717) is 41.7 Å². The fourth-order valence-electron chi connectivity index (χ4n) is 4.43. The van der Waals surface area contributed by atoms with Crippen molar-refractivity contribution in [1.29, 1.82) is 5.26 Å². The number of nitrogens with one attached hydrogen (secondary N) is 2. The van der Waals surface area contributed by atoms with Crippen molar-refractivity contribution in [3.05, 3.63) is 65.7 Å². The lowest BCUT2D eigenvalue weighted by Gasteiger charge is -2.28. The van der Waals surface area contributed by atoms with E-state index in [0.717, 1.165) is 42.1 Å². The molecule has 0 radical (unpaired) electrons. The highest BCUT2D eigenvalue weighted by molar-refractivity contribution is 6.07. The van der Waals surface area contributed by atoms with E-state index in [1.165, 1.54) is 0 Å².